The number of aliphatic hydroxyl groups excluding tert-OH is 1. The highest BCUT2D eigenvalue weighted by atomic mass is 35.5. The Balaban J connectivity index is 1.89. The topological polar surface area (TPSA) is 36.4 Å². The Kier molecular flexibility index (Phi) is 4.98. The van der Waals surface area contributed by atoms with Crippen LogP contribution >= 0.6 is 11.6 Å². The predicted molar refractivity (Wildman–Crippen MR) is 73.5 cm³/mol. The molecular formula is C14H21ClN2O. The normalized spacial score (nSPS) is 24.4. The van der Waals surface area contributed by atoms with E-state index in [-0.39, 0.29) is 0 Å². The van der Waals surface area contributed by atoms with E-state index in [1.165, 1.54) is 12.8 Å². The van der Waals surface area contributed by atoms with Gasteiger partial charge in [0.05, 0.1) is 5.02 Å². The maximum atomic E-state index is 9.15. The summed E-state index contributed by atoms with van der Waals surface area (Å²) in [5.41, 5.74) is 1.14. The van der Waals surface area contributed by atoms with E-state index in [9.17, 15) is 0 Å². The summed E-state index contributed by atoms with van der Waals surface area (Å²) >= 11 is 6.13. The van der Waals surface area contributed by atoms with Gasteiger partial charge in [0.15, 0.2) is 0 Å². The standard InChI is InChI=1S/C14H21ClN2O/c1-17(9-12-6-7-16-8-14(12)15)13-4-2-11(10-18)3-5-13/h6-8,11,13,18H,2-5,9-10H2,1H3. The van der Waals surface area contributed by atoms with Crippen LogP contribution in [0.5, 0.6) is 0 Å². The van der Waals surface area contributed by atoms with Crippen LogP contribution in [-0.2, 0) is 6.54 Å². The second-order valence-electron chi connectivity index (χ2n) is 5.24. The van der Waals surface area contributed by atoms with Gasteiger partial charge in [0.2, 0.25) is 0 Å². The molecule has 1 saturated carbocycles. The highest BCUT2D eigenvalue weighted by Crippen LogP contribution is 2.28. The molecule has 1 aromatic rings. The van der Waals surface area contributed by atoms with Crippen LogP contribution in [0.2, 0.25) is 5.02 Å². The fraction of sp³-hybridized carbons (Fsp3) is 0.643. The van der Waals surface area contributed by atoms with Crippen molar-refractivity contribution < 1.29 is 5.11 Å². The molecule has 100 valence electrons. The van der Waals surface area contributed by atoms with Crippen LogP contribution in [0.1, 0.15) is 31.2 Å². The van der Waals surface area contributed by atoms with Gasteiger partial charge in [-0.05, 0) is 50.3 Å². The Morgan fingerprint density at radius 3 is 2.72 bits per heavy atom. The molecule has 0 atom stereocenters. The molecule has 4 heteroatoms. The summed E-state index contributed by atoms with van der Waals surface area (Å²) in [6, 6.07) is 2.59. The molecule has 0 bridgehead atoms. The average Bonchev–Trinajstić information content (AvgIpc) is 2.41. The maximum absolute atomic E-state index is 9.15. The first-order chi connectivity index (χ1) is 8.70. The Morgan fingerprint density at radius 2 is 2.11 bits per heavy atom. The molecule has 1 heterocycles. The molecule has 1 aliphatic carbocycles. The first-order valence-corrected chi connectivity index (χ1v) is 6.98. The maximum Gasteiger partial charge on any atom is 0.0634 e. The number of pyridine rings is 1. The molecule has 3 nitrogen and oxygen atoms in total. The van der Waals surface area contributed by atoms with E-state index in [2.05, 4.69) is 16.9 Å². The molecule has 1 aromatic heterocycles. The fourth-order valence-electron chi connectivity index (χ4n) is 2.70. The number of aromatic nitrogens is 1. The highest BCUT2D eigenvalue weighted by molar-refractivity contribution is 6.31. The molecule has 0 unspecified atom stereocenters. The quantitative estimate of drug-likeness (QED) is 0.912. The van der Waals surface area contributed by atoms with Crippen molar-refractivity contribution in [3.63, 3.8) is 0 Å². The average molecular weight is 269 g/mol. The van der Waals surface area contributed by atoms with Crippen molar-refractivity contribution in [1.29, 1.82) is 0 Å². The molecular weight excluding hydrogens is 248 g/mol. The lowest BCUT2D eigenvalue weighted by atomic mass is 9.86. The lowest BCUT2D eigenvalue weighted by molar-refractivity contribution is 0.124. The smallest absolute Gasteiger partial charge is 0.0634 e. The van der Waals surface area contributed by atoms with Gasteiger partial charge in [-0.1, -0.05) is 11.6 Å². The van der Waals surface area contributed by atoms with Crippen LogP contribution in [0.3, 0.4) is 0 Å². The van der Waals surface area contributed by atoms with Crippen molar-refractivity contribution in [2.24, 2.45) is 5.92 Å². The second kappa shape index (κ2) is 6.50. The second-order valence-corrected chi connectivity index (χ2v) is 5.65. The van der Waals surface area contributed by atoms with Crippen LogP contribution in [0, 0.1) is 5.92 Å². The van der Waals surface area contributed by atoms with Crippen molar-refractivity contribution in [3.8, 4) is 0 Å². The van der Waals surface area contributed by atoms with Gasteiger partial charge < -0.3 is 5.11 Å². The Hall–Kier alpha value is -0.640. The zero-order valence-electron chi connectivity index (χ0n) is 10.8. The monoisotopic (exact) mass is 268 g/mol. The lowest BCUT2D eigenvalue weighted by Gasteiger charge is -2.34. The third-order valence-electron chi connectivity index (χ3n) is 3.97. The van der Waals surface area contributed by atoms with Crippen molar-refractivity contribution in [2.75, 3.05) is 13.7 Å². The summed E-state index contributed by atoms with van der Waals surface area (Å²) < 4.78 is 0. The first-order valence-electron chi connectivity index (χ1n) is 6.60. The van der Waals surface area contributed by atoms with Gasteiger partial charge in [0.1, 0.15) is 0 Å². The lowest BCUT2D eigenvalue weighted by Crippen LogP contribution is -2.35. The number of aliphatic hydroxyl groups is 1. The highest BCUT2D eigenvalue weighted by Gasteiger charge is 2.23. The van der Waals surface area contributed by atoms with Gasteiger partial charge in [-0.15, -0.1) is 0 Å². The predicted octanol–water partition coefficient (Wildman–Crippen LogP) is 2.72. The van der Waals surface area contributed by atoms with Gasteiger partial charge in [-0.2, -0.15) is 0 Å². The van der Waals surface area contributed by atoms with Gasteiger partial charge in [0, 0.05) is 31.6 Å². The summed E-state index contributed by atoms with van der Waals surface area (Å²) in [4.78, 5) is 6.38. The number of rotatable bonds is 4. The van der Waals surface area contributed by atoms with E-state index in [0.29, 0.717) is 18.6 Å². The summed E-state index contributed by atoms with van der Waals surface area (Å²) in [6.07, 6.45) is 8.10. The van der Waals surface area contributed by atoms with Crippen molar-refractivity contribution >= 4 is 11.6 Å². The molecule has 0 spiro atoms. The van der Waals surface area contributed by atoms with Gasteiger partial charge in [0.25, 0.3) is 0 Å². The minimum Gasteiger partial charge on any atom is -0.396 e. The van der Waals surface area contributed by atoms with Crippen molar-refractivity contribution in [1.82, 2.24) is 9.88 Å². The molecule has 18 heavy (non-hydrogen) atoms. The molecule has 0 saturated heterocycles. The summed E-state index contributed by atoms with van der Waals surface area (Å²) in [6.45, 7) is 1.21. The van der Waals surface area contributed by atoms with E-state index in [0.717, 1.165) is 30.0 Å². The first kappa shape index (κ1) is 13.8. The van der Waals surface area contributed by atoms with E-state index in [1.807, 2.05) is 6.07 Å². The molecule has 0 aromatic carbocycles. The summed E-state index contributed by atoms with van der Waals surface area (Å²) in [7, 11) is 2.15. The summed E-state index contributed by atoms with van der Waals surface area (Å²) in [5, 5.41) is 9.89. The van der Waals surface area contributed by atoms with Crippen molar-refractivity contribution in [2.45, 2.75) is 38.3 Å². The van der Waals surface area contributed by atoms with Crippen molar-refractivity contribution in [3.05, 3.63) is 29.0 Å². The minimum absolute atomic E-state index is 0.340. The van der Waals surface area contributed by atoms with E-state index < -0.39 is 0 Å². The van der Waals surface area contributed by atoms with E-state index in [4.69, 9.17) is 16.7 Å². The third kappa shape index (κ3) is 3.44. The molecule has 1 aliphatic rings. The zero-order valence-corrected chi connectivity index (χ0v) is 11.6. The molecule has 1 fully saturated rings. The summed E-state index contributed by atoms with van der Waals surface area (Å²) in [5.74, 6) is 0.513. The Morgan fingerprint density at radius 1 is 1.39 bits per heavy atom. The number of hydrogen-bond donors (Lipinski definition) is 1. The van der Waals surface area contributed by atoms with E-state index >= 15 is 0 Å². The molecule has 2 rings (SSSR count). The number of hydrogen-bond acceptors (Lipinski definition) is 3. The Labute approximate surface area is 114 Å². The third-order valence-corrected chi connectivity index (χ3v) is 4.31. The van der Waals surface area contributed by atoms with Crippen LogP contribution in [-0.4, -0.2) is 34.7 Å². The van der Waals surface area contributed by atoms with Crippen LogP contribution < -0.4 is 0 Å². The van der Waals surface area contributed by atoms with Gasteiger partial charge in [-0.25, -0.2) is 0 Å². The molecule has 1 N–H and O–H groups in total. The van der Waals surface area contributed by atoms with Gasteiger partial charge >= 0.3 is 0 Å². The molecule has 0 amide bonds. The van der Waals surface area contributed by atoms with Crippen LogP contribution in [0.15, 0.2) is 18.5 Å². The molecule has 0 radical (unpaired) electrons. The zero-order chi connectivity index (χ0) is 13.0. The van der Waals surface area contributed by atoms with E-state index in [1.54, 1.807) is 12.4 Å². The number of halogens is 1. The molecule has 0 aliphatic heterocycles. The Bertz CT molecular complexity index is 378. The largest absolute Gasteiger partial charge is 0.396 e. The van der Waals surface area contributed by atoms with Crippen LogP contribution in [0.4, 0.5) is 0 Å². The van der Waals surface area contributed by atoms with Gasteiger partial charge in [-0.3, -0.25) is 9.88 Å². The SMILES string of the molecule is CN(Cc1ccncc1Cl)C1CCC(CO)CC1. The van der Waals surface area contributed by atoms with Crippen LogP contribution in [0.25, 0.3) is 0 Å². The number of nitrogens with zero attached hydrogens (tertiary/aromatic N) is 2. The minimum atomic E-state index is 0.340. The fourth-order valence-corrected chi connectivity index (χ4v) is 2.88.